The second kappa shape index (κ2) is 18.3. The van der Waals surface area contributed by atoms with E-state index in [1.165, 1.54) is 98.4 Å². The number of hydrogen-bond donors (Lipinski definition) is 0. The van der Waals surface area contributed by atoms with Crippen molar-refractivity contribution in [3.05, 3.63) is 284 Å². The van der Waals surface area contributed by atoms with Crippen molar-refractivity contribution in [2.75, 3.05) is 9.80 Å². The third kappa shape index (κ3) is 7.50. The highest BCUT2D eigenvalue weighted by Crippen LogP contribution is 2.50. The lowest BCUT2D eigenvalue weighted by molar-refractivity contribution is 0.986. The molecule has 1 aliphatic rings. The second-order valence-corrected chi connectivity index (χ2v) is 19.5. The van der Waals surface area contributed by atoms with Crippen molar-refractivity contribution in [2.45, 2.75) is 12.8 Å². The number of rotatable bonds is 9. The Balaban J connectivity index is 1.08. The first kappa shape index (κ1) is 43.3. The fourth-order valence-corrected chi connectivity index (χ4v) is 11.8. The molecule has 13 aromatic carbocycles. The number of fused-ring (bicyclic) bond motifs is 6. The molecular formula is C72H50N2. The van der Waals surface area contributed by atoms with Crippen molar-refractivity contribution in [1.82, 2.24) is 0 Å². The minimum Gasteiger partial charge on any atom is -0.310 e. The van der Waals surface area contributed by atoms with Crippen molar-refractivity contribution in [2.24, 2.45) is 0 Å². The number of para-hydroxylation sites is 2. The Labute approximate surface area is 432 Å². The summed E-state index contributed by atoms with van der Waals surface area (Å²) in [5.41, 5.74) is 16.7. The average Bonchev–Trinajstić information content (AvgIpc) is 3.51. The van der Waals surface area contributed by atoms with E-state index in [-0.39, 0.29) is 0 Å². The zero-order valence-electron chi connectivity index (χ0n) is 40.9. The highest BCUT2D eigenvalue weighted by molar-refractivity contribution is 6.25. The third-order valence-corrected chi connectivity index (χ3v) is 15.2. The normalized spacial score (nSPS) is 12.2. The van der Waals surface area contributed by atoms with E-state index in [2.05, 4.69) is 289 Å². The van der Waals surface area contributed by atoms with Crippen molar-refractivity contribution in [1.29, 1.82) is 0 Å². The molecule has 0 N–H and O–H groups in total. The van der Waals surface area contributed by atoms with Gasteiger partial charge in [-0.2, -0.15) is 0 Å². The first-order valence-corrected chi connectivity index (χ1v) is 25.8. The lowest BCUT2D eigenvalue weighted by atomic mass is 9.84. The predicted octanol–water partition coefficient (Wildman–Crippen LogP) is 20.4. The molecule has 0 saturated heterocycles. The van der Waals surface area contributed by atoms with Gasteiger partial charge in [-0.3, -0.25) is 0 Å². The van der Waals surface area contributed by atoms with Crippen LogP contribution in [0.1, 0.15) is 17.5 Å². The van der Waals surface area contributed by atoms with Gasteiger partial charge in [0.15, 0.2) is 0 Å². The number of aryl methyl sites for hydroxylation is 1. The van der Waals surface area contributed by atoms with Crippen LogP contribution >= 0.6 is 0 Å². The zero-order chi connectivity index (χ0) is 49.0. The molecule has 74 heavy (non-hydrogen) atoms. The van der Waals surface area contributed by atoms with E-state index >= 15 is 0 Å². The van der Waals surface area contributed by atoms with Crippen molar-refractivity contribution < 1.29 is 0 Å². The average molecular weight is 943 g/mol. The predicted molar refractivity (Wildman–Crippen MR) is 317 cm³/mol. The van der Waals surface area contributed by atoms with Crippen LogP contribution in [0.4, 0.5) is 34.1 Å². The van der Waals surface area contributed by atoms with Gasteiger partial charge in [0.2, 0.25) is 0 Å². The van der Waals surface area contributed by atoms with Crippen molar-refractivity contribution in [3.63, 3.8) is 0 Å². The maximum atomic E-state index is 2.46. The Kier molecular flexibility index (Phi) is 10.7. The first-order valence-electron chi connectivity index (χ1n) is 25.8. The topological polar surface area (TPSA) is 6.48 Å². The Bertz CT molecular complexity index is 4290. The molecule has 0 unspecified atom stereocenters. The summed E-state index contributed by atoms with van der Waals surface area (Å²) in [7, 11) is 0. The Hall–Kier alpha value is -9.50. The molecule has 2 nitrogen and oxygen atoms in total. The van der Waals surface area contributed by atoms with Crippen LogP contribution in [-0.2, 0) is 6.42 Å². The number of benzene rings is 13. The molecule has 0 aromatic heterocycles. The quantitative estimate of drug-likeness (QED) is 0.133. The molecule has 0 heterocycles. The number of anilines is 6. The van der Waals surface area contributed by atoms with E-state index in [4.69, 9.17) is 0 Å². The first-order chi connectivity index (χ1) is 36.7. The maximum Gasteiger partial charge on any atom is 0.0540 e. The summed E-state index contributed by atoms with van der Waals surface area (Å²) in [6, 6.07) is 98.7. The highest BCUT2D eigenvalue weighted by Gasteiger charge is 2.24. The molecule has 0 bridgehead atoms. The van der Waals surface area contributed by atoms with Gasteiger partial charge in [0.1, 0.15) is 0 Å². The minimum atomic E-state index is 1.07. The van der Waals surface area contributed by atoms with Crippen molar-refractivity contribution in [3.8, 4) is 33.4 Å². The fraction of sp³-hybridized carbons (Fsp3) is 0.0278. The summed E-state index contributed by atoms with van der Waals surface area (Å²) < 4.78 is 0. The summed E-state index contributed by atoms with van der Waals surface area (Å²) in [4.78, 5) is 4.87. The minimum absolute atomic E-state index is 1.07. The number of hydrogen-bond acceptors (Lipinski definition) is 2. The van der Waals surface area contributed by atoms with E-state index in [0.29, 0.717) is 0 Å². The van der Waals surface area contributed by atoms with Crippen LogP contribution in [0.2, 0.25) is 0 Å². The third-order valence-electron chi connectivity index (χ3n) is 15.2. The van der Waals surface area contributed by atoms with E-state index in [1.807, 2.05) is 0 Å². The van der Waals surface area contributed by atoms with E-state index in [1.54, 1.807) is 0 Å². The van der Waals surface area contributed by atoms with Gasteiger partial charge in [0, 0.05) is 33.5 Å². The number of nitrogens with zero attached hydrogens (tertiary/aromatic N) is 2. The standard InChI is InChI=1S/C72H50N2/c1-3-26-57(27-4-1)73(69-34-16-24-52-20-10-13-31-62(52)69)59-43-45-66-67(47-59)71(54-39-36-50(37-40-54)56-41-38-49-18-7-8-22-55(49)46-56)65-44-42-60(48-68(65)72(66)64-33-15-23-51-19-9-12-30-61(51)64)74(58-28-5-2-6-29-58)70-35-17-25-53-21-11-14-32-63(53)70/h1-7,9-21,23-48H,8,22H2. The van der Waals surface area contributed by atoms with Crippen LogP contribution in [0.5, 0.6) is 0 Å². The summed E-state index contributed by atoms with van der Waals surface area (Å²) in [6.45, 7) is 0. The molecule has 0 amide bonds. The van der Waals surface area contributed by atoms with E-state index in [9.17, 15) is 0 Å². The van der Waals surface area contributed by atoms with Crippen LogP contribution in [0.15, 0.2) is 273 Å². The molecular weight excluding hydrogens is 893 g/mol. The lowest BCUT2D eigenvalue weighted by Gasteiger charge is -2.29. The molecule has 0 aliphatic heterocycles. The Morgan fingerprint density at radius 2 is 0.757 bits per heavy atom. The molecule has 0 fully saturated rings. The molecule has 2 heteroatoms. The van der Waals surface area contributed by atoms with Gasteiger partial charge in [0.25, 0.3) is 0 Å². The van der Waals surface area contributed by atoms with Gasteiger partial charge < -0.3 is 9.80 Å². The monoisotopic (exact) mass is 942 g/mol. The SMILES string of the molecule is C1=Cc2ccc(-c3ccc(-c4c5cc(N(c6ccccc6)c6cccc7ccccc67)ccc5c(-c5cccc6ccccc56)c5cc(N(c6ccccc6)c6cccc7ccccc67)ccc45)cc3)cc2CC1. The van der Waals surface area contributed by atoms with Crippen LogP contribution in [0.25, 0.3) is 93.3 Å². The Morgan fingerprint density at radius 1 is 0.284 bits per heavy atom. The molecule has 14 rings (SSSR count). The van der Waals surface area contributed by atoms with Gasteiger partial charge in [-0.05, 0) is 161 Å². The number of allylic oxidation sites excluding steroid dienone is 1. The molecule has 0 saturated carbocycles. The van der Waals surface area contributed by atoms with E-state index < -0.39 is 0 Å². The van der Waals surface area contributed by atoms with Gasteiger partial charge in [-0.15, -0.1) is 0 Å². The van der Waals surface area contributed by atoms with Crippen molar-refractivity contribution >= 4 is 94.1 Å². The molecule has 1 aliphatic carbocycles. The summed E-state index contributed by atoms with van der Waals surface area (Å²) in [6.07, 6.45) is 6.71. The lowest BCUT2D eigenvalue weighted by Crippen LogP contribution is -2.11. The fourth-order valence-electron chi connectivity index (χ4n) is 11.8. The molecule has 348 valence electrons. The summed E-state index contributed by atoms with van der Waals surface area (Å²) >= 11 is 0. The van der Waals surface area contributed by atoms with Crippen LogP contribution in [0.3, 0.4) is 0 Å². The smallest absolute Gasteiger partial charge is 0.0540 e. The maximum absolute atomic E-state index is 2.46. The van der Waals surface area contributed by atoms with Crippen LogP contribution < -0.4 is 9.80 Å². The van der Waals surface area contributed by atoms with Gasteiger partial charge in [0.05, 0.1) is 11.4 Å². The van der Waals surface area contributed by atoms with Gasteiger partial charge in [-0.25, -0.2) is 0 Å². The highest BCUT2D eigenvalue weighted by atomic mass is 15.1. The van der Waals surface area contributed by atoms with Gasteiger partial charge >= 0.3 is 0 Å². The molecule has 0 spiro atoms. The molecule has 0 atom stereocenters. The molecule has 13 aromatic rings. The molecule has 0 radical (unpaired) electrons. The van der Waals surface area contributed by atoms with Crippen LogP contribution in [0, 0.1) is 0 Å². The largest absolute Gasteiger partial charge is 0.310 e. The van der Waals surface area contributed by atoms with Crippen LogP contribution in [-0.4, -0.2) is 0 Å². The van der Waals surface area contributed by atoms with E-state index in [0.717, 1.165) is 47.0 Å². The zero-order valence-corrected chi connectivity index (χ0v) is 40.9. The Morgan fingerprint density at radius 3 is 1.36 bits per heavy atom. The second-order valence-electron chi connectivity index (χ2n) is 19.5. The summed E-state index contributed by atoms with van der Waals surface area (Å²) in [5, 5.41) is 12.0. The van der Waals surface area contributed by atoms with Gasteiger partial charge in [-0.1, -0.05) is 218 Å². The summed E-state index contributed by atoms with van der Waals surface area (Å²) in [5.74, 6) is 0.